The van der Waals surface area contributed by atoms with Gasteiger partial charge >= 0.3 is 0 Å². The van der Waals surface area contributed by atoms with Gasteiger partial charge in [0.2, 0.25) is 0 Å². The molecule has 0 radical (unpaired) electrons. The van der Waals surface area contributed by atoms with E-state index in [0.29, 0.717) is 16.3 Å². The maximum Gasteiger partial charge on any atom is 0.194 e. The molecule has 0 aliphatic carbocycles. The molecule has 2 aliphatic heterocycles. The molecule has 0 saturated carbocycles. The summed E-state index contributed by atoms with van der Waals surface area (Å²) in [5.74, 6) is 0.579. The SMILES string of the molecule is CC1=NC(C)N(c2ccc(N3CCC(Cc4ccc(F)c5ccccc45)CC3)c(Cl)c2)C(O)=C1. The fourth-order valence-electron chi connectivity index (χ4n) is 5.28. The zero-order valence-corrected chi connectivity index (χ0v) is 20.3. The average Bonchev–Trinajstić information content (AvgIpc) is 2.81. The molecule has 0 bridgehead atoms. The van der Waals surface area contributed by atoms with Crippen molar-refractivity contribution in [2.75, 3.05) is 22.9 Å². The number of halogens is 2. The number of anilines is 2. The summed E-state index contributed by atoms with van der Waals surface area (Å²) in [6.07, 6.45) is 4.55. The van der Waals surface area contributed by atoms with Crippen molar-refractivity contribution in [1.29, 1.82) is 0 Å². The molecule has 1 fully saturated rings. The Balaban J connectivity index is 1.27. The van der Waals surface area contributed by atoms with E-state index in [1.807, 2.05) is 62.4 Å². The van der Waals surface area contributed by atoms with Gasteiger partial charge in [0.15, 0.2) is 5.88 Å². The number of aliphatic hydroxyl groups is 1. The second-order valence-electron chi connectivity index (χ2n) is 9.30. The lowest BCUT2D eigenvalue weighted by atomic mass is 9.88. The summed E-state index contributed by atoms with van der Waals surface area (Å²) in [4.78, 5) is 8.65. The van der Waals surface area contributed by atoms with Crippen molar-refractivity contribution in [3.8, 4) is 0 Å². The van der Waals surface area contributed by atoms with E-state index in [-0.39, 0.29) is 17.9 Å². The Morgan fingerprint density at radius 1 is 1.06 bits per heavy atom. The van der Waals surface area contributed by atoms with E-state index in [1.54, 1.807) is 17.0 Å². The number of allylic oxidation sites excluding steroid dienone is 1. The van der Waals surface area contributed by atoms with Crippen LogP contribution in [0.4, 0.5) is 15.8 Å². The number of hydrogen-bond donors (Lipinski definition) is 1. The van der Waals surface area contributed by atoms with Crippen LogP contribution in [0.3, 0.4) is 0 Å². The molecular weight excluding hydrogens is 449 g/mol. The summed E-state index contributed by atoms with van der Waals surface area (Å²) < 4.78 is 14.2. The maximum atomic E-state index is 14.2. The summed E-state index contributed by atoms with van der Waals surface area (Å²) in [6, 6.07) is 17.2. The summed E-state index contributed by atoms with van der Waals surface area (Å²) in [7, 11) is 0. The Hall–Kier alpha value is -3.05. The number of aliphatic imine (C=N–C) groups is 1. The van der Waals surface area contributed by atoms with Crippen molar-refractivity contribution in [3.63, 3.8) is 0 Å². The molecule has 1 atom stereocenters. The van der Waals surface area contributed by atoms with Gasteiger partial charge in [0.05, 0.1) is 10.7 Å². The van der Waals surface area contributed by atoms with Gasteiger partial charge in [-0.15, -0.1) is 0 Å². The van der Waals surface area contributed by atoms with E-state index in [9.17, 15) is 9.50 Å². The molecule has 0 amide bonds. The highest BCUT2D eigenvalue weighted by Crippen LogP contribution is 2.36. The zero-order chi connectivity index (χ0) is 23.8. The largest absolute Gasteiger partial charge is 0.494 e. The minimum Gasteiger partial charge on any atom is -0.494 e. The summed E-state index contributed by atoms with van der Waals surface area (Å²) >= 11 is 6.71. The standard InChI is InChI=1S/C28H29ClFN3O/c1-18-15-28(34)33(19(2)31-18)22-8-10-27(25(29)17-22)32-13-11-20(12-14-32)16-21-7-9-26(30)24-6-4-3-5-23(21)24/h3-10,15,17,19-20,34H,11-14,16H2,1-2H3. The van der Waals surface area contributed by atoms with Crippen LogP contribution in [0.15, 0.2) is 71.5 Å². The second kappa shape index (κ2) is 9.30. The Morgan fingerprint density at radius 3 is 2.50 bits per heavy atom. The third-order valence-electron chi connectivity index (χ3n) is 6.98. The second-order valence-corrected chi connectivity index (χ2v) is 9.70. The molecule has 3 aromatic carbocycles. The Labute approximate surface area is 205 Å². The topological polar surface area (TPSA) is 39.1 Å². The normalized spacial score (nSPS) is 19.4. The van der Waals surface area contributed by atoms with Gasteiger partial charge in [0, 0.05) is 36.0 Å². The quantitative estimate of drug-likeness (QED) is 0.435. The number of nitrogens with zero attached hydrogens (tertiary/aromatic N) is 3. The number of piperidine rings is 1. The van der Waals surface area contributed by atoms with Gasteiger partial charge in [-0.25, -0.2) is 4.39 Å². The van der Waals surface area contributed by atoms with Crippen molar-refractivity contribution in [3.05, 3.63) is 83.0 Å². The maximum absolute atomic E-state index is 14.2. The number of fused-ring (bicyclic) bond motifs is 1. The lowest BCUT2D eigenvalue weighted by Gasteiger charge is -2.35. The van der Waals surface area contributed by atoms with Crippen LogP contribution in [-0.4, -0.2) is 30.1 Å². The summed E-state index contributed by atoms with van der Waals surface area (Å²) in [5.41, 5.74) is 3.87. The van der Waals surface area contributed by atoms with Crippen LogP contribution in [0, 0.1) is 11.7 Å². The third-order valence-corrected chi connectivity index (χ3v) is 7.29. The van der Waals surface area contributed by atoms with Crippen molar-refractivity contribution in [2.24, 2.45) is 10.9 Å². The molecule has 176 valence electrons. The van der Waals surface area contributed by atoms with Gasteiger partial charge < -0.3 is 10.0 Å². The lowest BCUT2D eigenvalue weighted by Crippen LogP contribution is -2.35. The van der Waals surface area contributed by atoms with Crippen LogP contribution in [0.1, 0.15) is 32.3 Å². The highest BCUT2D eigenvalue weighted by atomic mass is 35.5. The van der Waals surface area contributed by atoms with Gasteiger partial charge in [-0.1, -0.05) is 41.9 Å². The monoisotopic (exact) mass is 477 g/mol. The van der Waals surface area contributed by atoms with Crippen molar-refractivity contribution in [1.82, 2.24) is 0 Å². The molecule has 6 heteroatoms. The molecule has 2 aliphatic rings. The molecule has 1 unspecified atom stereocenters. The molecule has 1 saturated heterocycles. The molecule has 2 heterocycles. The van der Waals surface area contributed by atoms with E-state index in [0.717, 1.165) is 54.8 Å². The van der Waals surface area contributed by atoms with Gasteiger partial charge in [-0.05, 0) is 74.2 Å². The highest BCUT2D eigenvalue weighted by molar-refractivity contribution is 6.33. The first-order valence-corrected chi connectivity index (χ1v) is 12.2. The average molecular weight is 478 g/mol. The smallest absolute Gasteiger partial charge is 0.194 e. The highest BCUT2D eigenvalue weighted by Gasteiger charge is 2.25. The number of hydrogen-bond acceptors (Lipinski definition) is 4. The van der Waals surface area contributed by atoms with Gasteiger partial charge in [-0.2, -0.15) is 0 Å². The Kier molecular flexibility index (Phi) is 6.22. The molecule has 3 aromatic rings. The van der Waals surface area contributed by atoms with Crippen LogP contribution in [-0.2, 0) is 6.42 Å². The van der Waals surface area contributed by atoms with E-state index >= 15 is 0 Å². The summed E-state index contributed by atoms with van der Waals surface area (Å²) in [5, 5.41) is 12.8. The van der Waals surface area contributed by atoms with Crippen LogP contribution in [0.25, 0.3) is 10.8 Å². The lowest BCUT2D eigenvalue weighted by molar-refractivity contribution is 0.376. The Morgan fingerprint density at radius 2 is 1.79 bits per heavy atom. The minimum absolute atomic E-state index is 0.156. The van der Waals surface area contributed by atoms with Crippen LogP contribution in [0.2, 0.25) is 5.02 Å². The molecule has 1 N–H and O–H groups in total. The van der Waals surface area contributed by atoms with Crippen molar-refractivity contribution in [2.45, 2.75) is 39.3 Å². The van der Waals surface area contributed by atoms with Crippen LogP contribution >= 0.6 is 11.6 Å². The molecule has 0 aromatic heterocycles. The molecule has 4 nitrogen and oxygen atoms in total. The van der Waals surface area contributed by atoms with Crippen LogP contribution in [0.5, 0.6) is 0 Å². The first-order valence-electron chi connectivity index (χ1n) is 11.9. The molecule has 34 heavy (non-hydrogen) atoms. The fourth-order valence-corrected chi connectivity index (χ4v) is 5.57. The Bertz CT molecular complexity index is 1280. The summed E-state index contributed by atoms with van der Waals surface area (Å²) in [6.45, 7) is 5.68. The number of rotatable bonds is 4. The zero-order valence-electron chi connectivity index (χ0n) is 19.5. The predicted molar refractivity (Wildman–Crippen MR) is 140 cm³/mol. The van der Waals surface area contributed by atoms with E-state index in [4.69, 9.17) is 11.6 Å². The fraction of sp³-hybridized carbons (Fsp3) is 0.321. The van der Waals surface area contributed by atoms with Gasteiger partial charge in [0.25, 0.3) is 0 Å². The number of aliphatic hydroxyl groups excluding tert-OH is 1. The molecular formula is C28H29ClFN3O. The first-order chi connectivity index (χ1) is 16.4. The molecule has 5 rings (SSSR count). The van der Waals surface area contributed by atoms with Crippen molar-refractivity contribution >= 4 is 39.5 Å². The van der Waals surface area contributed by atoms with Crippen LogP contribution < -0.4 is 9.80 Å². The van der Waals surface area contributed by atoms with Gasteiger partial charge in [0.1, 0.15) is 12.0 Å². The third kappa shape index (κ3) is 4.37. The molecule has 0 spiro atoms. The number of benzene rings is 3. The minimum atomic E-state index is -0.190. The van der Waals surface area contributed by atoms with E-state index in [1.165, 1.54) is 5.56 Å². The van der Waals surface area contributed by atoms with Crippen molar-refractivity contribution < 1.29 is 9.50 Å². The van der Waals surface area contributed by atoms with Gasteiger partial charge in [-0.3, -0.25) is 9.89 Å². The first kappa shape index (κ1) is 22.7. The van der Waals surface area contributed by atoms with E-state index < -0.39 is 0 Å². The predicted octanol–water partition coefficient (Wildman–Crippen LogP) is 7.12. The van der Waals surface area contributed by atoms with E-state index in [2.05, 4.69) is 9.89 Å².